The minimum Gasteiger partial charge on any atom is -0.389 e. The number of halogens is 1. The second-order valence-corrected chi connectivity index (χ2v) is 7.93. The molecule has 1 aliphatic heterocycles. The number of sulfonamides is 1. The minimum atomic E-state index is -3.75. The number of nitrogens with zero attached hydrogens (tertiary/aromatic N) is 3. The SMILES string of the molecule is CC1(O)CCN(S(=O)(=O)c2c(Cl)nc3sccn23)C1. The summed E-state index contributed by atoms with van der Waals surface area (Å²) in [5.41, 5.74) is -0.988. The lowest BCUT2D eigenvalue weighted by Gasteiger charge is -2.18. The largest absolute Gasteiger partial charge is 0.389 e. The van der Waals surface area contributed by atoms with Crippen LogP contribution >= 0.6 is 22.9 Å². The molecular weight excluding hydrogens is 310 g/mol. The van der Waals surface area contributed by atoms with Crippen molar-refractivity contribution in [3.63, 3.8) is 0 Å². The molecule has 1 unspecified atom stereocenters. The first-order valence-corrected chi connectivity index (χ1v) is 8.35. The Morgan fingerprint density at radius 1 is 1.58 bits per heavy atom. The molecule has 1 N–H and O–H groups in total. The molecule has 2 aromatic heterocycles. The van der Waals surface area contributed by atoms with Crippen molar-refractivity contribution >= 4 is 37.9 Å². The third-order valence-electron chi connectivity index (χ3n) is 3.18. The molecule has 1 fully saturated rings. The van der Waals surface area contributed by atoms with Crippen LogP contribution in [0.25, 0.3) is 4.96 Å². The minimum absolute atomic E-state index is 0.0249. The van der Waals surface area contributed by atoms with E-state index in [0.717, 1.165) is 0 Å². The van der Waals surface area contributed by atoms with Gasteiger partial charge in [-0.15, -0.1) is 11.3 Å². The van der Waals surface area contributed by atoms with E-state index in [4.69, 9.17) is 11.6 Å². The Morgan fingerprint density at radius 2 is 2.32 bits per heavy atom. The van der Waals surface area contributed by atoms with Crippen molar-refractivity contribution in [3.05, 3.63) is 16.7 Å². The molecule has 0 saturated carbocycles. The normalized spacial score (nSPS) is 25.4. The van der Waals surface area contributed by atoms with Crippen LogP contribution in [0.3, 0.4) is 0 Å². The summed E-state index contributed by atoms with van der Waals surface area (Å²) in [6.45, 7) is 1.98. The molecule has 0 bridgehead atoms. The Hall–Kier alpha value is -0.670. The first kappa shape index (κ1) is 13.3. The second kappa shape index (κ2) is 4.16. The lowest BCUT2D eigenvalue weighted by molar-refractivity contribution is 0.0762. The highest BCUT2D eigenvalue weighted by molar-refractivity contribution is 7.89. The van der Waals surface area contributed by atoms with E-state index in [9.17, 15) is 13.5 Å². The molecular formula is C10H12ClN3O3S2. The maximum atomic E-state index is 12.6. The zero-order valence-electron chi connectivity index (χ0n) is 10.1. The van der Waals surface area contributed by atoms with Crippen LogP contribution in [0.5, 0.6) is 0 Å². The quantitative estimate of drug-likeness (QED) is 0.901. The second-order valence-electron chi connectivity index (χ2n) is 4.85. The number of aliphatic hydroxyl groups is 1. The first-order valence-electron chi connectivity index (χ1n) is 5.65. The maximum absolute atomic E-state index is 12.6. The van der Waals surface area contributed by atoms with Gasteiger partial charge in [0, 0.05) is 24.7 Å². The van der Waals surface area contributed by atoms with Gasteiger partial charge in [0.2, 0.25) is 0 Å². The Balaban J connectivity index is 2.10. The molecule has 104 valence electrons. The summed E-state index contributed by atoms with van der Waals surface area (Å²) in [6.07, 6.45) is 2.04. The molecule has 6 nitrogen and oxygen atoms in total. The predicted molar refractivity (Wildman–Crippen MR) is 72.1 cm³/mol. The fraction of sp³-hybridized carbons (Fsp3) is 0.500. The van der Waals surface area contributed by atoms with Gasteiger partial charge in [-0.1, -0.05) is 11.6 Å². The van der Waals surface area contributed by atoms with Crippen molar-refractivity contribution in [3.8, 4) is 0 Å². The number of β-amino-alcohol motifs (C(OH)–C–C–N with tert-alkyl or cyclic N) is 1. The highest BCUT2D eigenvalue weighted by atomic mass is 35.5. The van der Waals surface area contributed by atoms with E-state index >= 15 is 0 Å². The molecule has 1 atom stereocenters. The smallest absolute Gasteiger partial charge is 0.262 e. The van der Waals surface area contributed by atoms with E-state index in [0.29, 0.717) is 11.4 Å². The van der Waals surface area contributed by atoms with E-state index < -0.39 is 15.6 Å². The number of rotatable bonds is 2. The van der Waals surface area contributed by atoms with Gasteiger partial charge in [-0.2, -0.15) is 4.31 Å². The molecule has 0 aliphatic carbocycles. The molecule has 3 heterocycles. The average Bonchev–Trinajstić information content (AvgIpc) is 2.91. The van der Waals surface area contributed by atoms with Crippen LogP contribution in [0, 0.1) is 0 Å². The van der Waals surface area contributed by atoms with E-state index in [1.807, 2.05) is 0 Å². The summed E-state index contributed by atoms with van der Waals surface area (Å²) in [5.74, 6) is 0. The van der Waals surface area contributed by atoms with E-state index in [1.54, 1.807) is 18.5 Å². The molecule has 1 aliphatic rings. The molecule has 0 radical (unpaired) electrons. The van der Waals surface area contributed by atoms with Gasteiger partial charge < -0.3 is 5.11 Å². The van der Waals surface area contributed by atoms with Gasteiger partial charge in [0.05, 0.1) is 5.60 Å². The van der Waals surface area contributed by atoms with Crippen LogP contribution in [0.1, 0.15) is 13.3 Å². The molecule has 19 heavy (non-hydrogen) atoms. The average molecular weight is 322 g/mol. The standard InChI is InChI=1S/C10H12ClN3O3S2/c1-10(15)2-3-13(6-10)19(16,17)8-7(11)12-9-14(8)4-5-18-9/h4-5,15H,2-3,6H2,1H3. The molecule has 0 amide bonds. The van der Waals surface area contributed by atoms with E-state index in [1.165, 1.54) is 20.0 Å². The molecule has 0 aromatic carbocycles. The predicted octanol–water partition coefficient (Wildman–Crippen LogP) is 1.19. The zero-order chi connectivity index (χ0) is 13.8. The lowest BCUT2D eigenvalue weighted by Crippen LogP contribution is -2.34. The highest BCUT2D eigenvalue weighted by Crippen LogP contribution is 2.31. The van der Waals surface area contributed by atoms with Gasteiger partial charge in [0.1, 0.15) is 0 Å². The molecule has 9 heteroatoms. The molecule has 0 spiro atoms. The molecule has 3 rings (SSSR count). The third-order valence-corrected chi connectivity index (χ3v) is 6.18. The van der Waals surface area contributed by atoms with Gasteiger partial charge in [-0.3, -0.25) is 4.40 Å². The van der Waals surface area contributed by atoms with Crippen molar-refractivity contribution in [2.24, 2.45) is 0 Å². The summed E-state index contributed by atoms with van der Waals surface area (Å²) >= 11 is 7.27. The number of imidazole rings is 1. The van der Waals surface area contributed by atoms with E-state index in [2.05, 4.69) is 4.98 Å². The summed E-state index contributed by atoms with van der Waals surface area (Å²) < 4.78 is 27.9. The lowest BCUT2D eigenvalue weighted by atomic mass is 10.1. The monoisotopic (exact) mass is 321 g/mol. The highest BCUT2D eigenvalue weighted by Gasteiger charge is 2.40. The van der Waals surface area contributed by atoms with Crippen molar-refractivity contribution in [2.45, 2.75) is 24.0 Å². The van der Waals surface area contributed by atoms with Crippen LogP contribution in [-0.2, 0) is 10.0 Å². The fourth-order valence-corrected chi connectivity index (χ4v) is 5.16. The summed E-state index contributed by atoms with van der Waals surface area (Å²) in [7, 11) is -3.75. The summed E-state index contributed by atoms with van der Waals surface area (Å²) in [5, 5.41) is 11.6. The fourth-order valence-electron chi connectivity index (χ4n) is 2.20. The zero-order valence-corrected chi connectivity index (χ0v) is 12.5. The Labute approximate surface area is 119 Å². The summed E-state index contributed by atoms with van der Waals surface area (Å²) in [4.78, 5) is 4.56. The Bertz CT molecular complexity index is 734. The van der Waals surface area contributed by atoms with Crippen molar-refractivity contribution < 1.29 is 13.5 Å². The maximum Gasteiger partial charge on any atom is 0.262 e. The molecule has 2 aromatic rings. The Kier molecular flexibility index (Phi) is 2.92. The van der Waals surface area contributed by atoms with Gasteiger partial charge in [-0.25, -0.2) is 13.4 Å². The number of hydrogen-bond acceptors (Lipinski definition) is 5. The van der Waals surface area contributed by atoms with Gasteiger partial charge in [0.25, 0.3) is 10.0 Å². The van der Waals surface area contributed by atoms with Crippen LogP contribution in [0.4, 0.5) is 0 Å². The number of hydrogen-bond donors (Lipinski definition) is 1. The van der Waals surface area contributed by atoms with Gasteiger partial charge in [-0.05, 0) is 13.3 Å². The van der Waals surface area contributed by atoms with Crippen LogP contribution in [0.2, 0.25) is 5.15 Å². The van der Waals surface area contributed by atoms with Crippen LogP contribution in [-0.4, -0.2) is 45.9 Å². The van der Waals surface area contributed by atoms with Gasteiger partial charge >= 0.3 is 0 Å². The number of fused-ring (bicyclic) bond motifs is 1. The van der Waals surface area contributed by atoms with E-state index in [-0.39, 0.29) is 23.3 Å². The third kappa shape index (κ3) is 2.07. The first-order chi connectivity index (χ1) is 8.81. The number of aromatic nitrogens is 2. The summed E-state index contributed by atoms with van der Waals surface area (Å²) in [6, 6.07) is 0. The van der Waals surface area contributed by atoms with Crippen molar-refractivity contribution in [2.75, 3.05) is 13.1 Å². The van der Waals surface area contributed by atoms with Crippen molar-refractivity contribution in [1.82, 2.24) is 13.7 Å². The number of thiazole rings is 1. The van der Waals surface area contributed by atoms with Crippen LogP contribution in [0.15, 0.2) is 16.6 Å². The molecule has 1 saturated heterocycles. The topological polar surface area (TPSA) is 74.9 Å². The van der Waals surface area contributed by atoms with Crippen molar-refractivity contribution in [1.29, 1.82) is 0 Å². The van der Waals surface area contributed by atoms with Crippen LogP contribution < -0.4 is 0 Å². The van der Waals surface area contributed by atoms with Gasteiger partial charge in [0.15, 0.2) is 15.1 Å². The Morgan fingerprint density at radius 3 is 2.95 bits per heavy atom.